The highest BCUT2D eigenvalue weighted by Crippen LogP contribution is 2.35. The summed E-state index contributed by atoms with van der Waals surface area (Å²) in [7, 11) is 0. The molecule has 1 saturated heterocycles. The minimum Gasteiger partial charge on any atom is -0.494 e. The van der Waals surface area contributed by atoms with Crippen LogP contribution in [0.25, 0.3) is 16.6 Å². The summed E-state index contributed by atoms with van der Waals surface area (Å²) in [4.78, 5) is 2.25. The van der Waals surface area contributed by atoms with E-state index >= 15 is 4.39 Å². The molecule has 0 radical (unpaired) electrons. The first-order valence-corrected chi connectivity index (χ1v) is 13.1. The van der Waals surface area contributed by atoms with E-state index in [0.29, 0.717) is 24.1 Å². The average Bonchev–Trinajstić information content (AvgIpc) is 3.39. The maximum Gasteiger partial charge on any atom is 0.180 e. The van der Waals surface area contributed by atoms with Gasteiger partial charge in [-0.25, -0.2) is 9.07 Å². The van der Waals surface area contributed by atoms with E-state index in [1.54, 1.807) is 16.8 Å². The largest absolute Gasteiger partial charge is 0.494 e. The van der Waals surface area contributed by atoms with Gasteiger partial charge in [0.1, 0.15) is 17.0 Å². The molecule has 0 bridgehead atoms. The number of aryl methyl sites for hydroxylation is 2. The summed E-state index contributed by atoms with van der Waals surface area (Å²) in [6, 6.07) is 15.6. The molecule has 0 amide bonds. The normalized spacial score (nSPS) is 17.9. The van der Waals surface area contributed by atoms with Crippen molar-refractivity contribution in [3.63, 3.8) is 0 Å². The summed E-state index contributed by atoms with van der Waals surface area (Å²) in [6.07, 6.45) is 0.991. The lowest BCUT2D eigenvalue weighted by atomic mass is 10.2. The quantitative estimate of drug-likeness (QED) is 0.185. The fraction of sp³-hybridized carbons (Fsp3) is 0.346. The van der Waals surface area contributed by atoms with Crippen molar-refractivity contribution < 1.29 is 9.13 Å². The van der Waals surface area contributed by atoms with E-state index in [2.05, 4.69) is 67.3 Å². The number of ether oxygens (including phenoxy) is 1. The zero-order valence-electron chi connectivity index (χ0n) is 20.0. The minimum atomic E-state index is -0.384. The Hall–Kier alpha value is -2.79. The molecule has 1 N–H and O–H groups in total. The maximum atomic E-state index is 15.0. The second kappa shape index (κ2) is 10.1. The fourth-order valence-electron chi connectivity index (χ4n) is 4.68. The van der Waals surface area contributed by atoms with E-state index in [0.717, 1.165) is 47.6 Å². The number of fused-ring (bicyclic) bond motifs is 1. The summed E-state index contributed by atoms with van der Waals surface area (Å²) in [6.45, 7) is 7.88. The van der Waals surface area contributed by atoms with Crippen molar-refractivity contribution in [2.75, 3.05) is 18.1 Å². The lowest BCUT2D eigenvalue weighted by Gasteiger charge is -2.24. The summed E-state index contributed by atoms with van der Waals surface area (Å²) >= 11 is 2.47. The number of hydrogen-bond donors (Lipinski definition) is 1. The Balaban J connectivity index is 1.46. The lowest BCUT2D eigenvalue weighted by Crippen LogP contribution is -2.38. The molecule has 5 rings (SSSR count). The number of anilines is 1. The molecular formula is C26H28FIN6O. The highest BCUT2D eigenvalue weighted by Gasteiger charge is 2.35. The third kappa shape index (κ3) is 4.58. The highest BCUT2D eigenvalue weighted by atomic mass is 127. The van der Waals surface area contributed by atoms with Gasteiger partial charge in [0.25, 0.3) is 0 Å². The Morgan fingerprint density at radius 3 is 2.69 bits per heavy atom. The molecule has 2 aromatic heterocycles. The third-order valence-corrected chi connectivity index (χ3v) is 7.98. The Morgan fingerprint density at radius 2 is 1.94 bits per heavy atom. The number of aromatic nitrogens is 4. The molecule has 7 nitrogen and oxygen atoms in total. The predicted octanol–water partition coefficient (Wildman–Crippen LogP) is 5.10. The Kier molecular flexibility index (Phi) is 6.88. The van der Waals surface area contributed by atoms with Crippen molar-refractivity contribution in [3.05, 3.63) is 71.3 Å². The second-order valence-electron chi connectivity index (χ2n) is 8.70. The van der Waals surface area contributed by atoms with Crippen LogP contribution < -0.4 is 15.0 Å². The van der Waals surface area contributed by atoms with Crippen molar-refractivity contribution in [1.29, 1.82) is 0 Å². The lowest BCUT2D eigenvalue weighted by molar-refractivity contribution is 0.338. The number of alkyl halides is 1. The van der Waals surface area contributed by atoms with Crippen molar-refractivity contribution in [2.24, 2.45) is 0 Å². The average molecular weight is 586 g/mol. The molecule has 3 heterocycles. The van der Waals surface area contributed by atoms with E-state index in [-0.39, 0.29) is 9.87 Å². The molecule has 2 atom stereocenters. The van der Waals surface area contributed by atoms with Crippen LogP contribution in [0.3, 0.4) is 0 Å². The highest BCUT2D eigenvalue weighted by molar-refractivity contribution is 14.1. The van der Waals surface area contributed by atoms with Crippen LogP contribution in [0, 0.1) is 19.7 Å². The smallest absolute Gasteiger partial charge is 0.180 e. The topological polar surface area (TPSA) is 68.1 Å². The fourth-order valence-corrected chi connectivity index (χ4v) is 5.83. The minimum absolute atomic E-state index is 0.184. The summed E-state index contributed by atoms with van der Waals surface area (Å²) < 4.78 is 22.3. The molecule has 1 fully saturated rings. The van der Waals surface area contributed by atoms with Crippen molar-refractivity contribution in [2.45, 2.75) is 43.8 Å². The number of hydrogen-bond acceptors (Lipinski definition) is 6. The maximum absolute atomic E-state index is 15.0. The first kappa shape index (κ1) is 23.9. The zero-order valence-corrected chi connectivity index (χ0v) is 22.2. The van der Waals surface area contributed by atoms with Gasteiger partial charge < -0.3 is 15.0 Å². The van der Waals surface area contributed by atoms with Gasteiger partial charge in [0.15, 0.2) is 11.6 Å². The van der Waals surface area contributed by atoms with Gasteiger partial charge >= 0.3 is 0 Å². The first-order chi connectivity index (χ1) is 17.0. The number of halogens is 2. The summed E-state index contributed by atoms with van der Waals surface area (Å²) in [5.41, 5.74) is 4.00. The van der Waals surface area contributed by atoms with Gasteiger partial charge in [0.05, 0.1) is 27.4 Å². The van der Waals surface area contributed by atoms with Gasteiger partial charge in [-0.05, 0) is 44.9 Å². The van der Waals surface area contributed by atoms with Crippen LogP contribution in [0.4, 0.5) is 10.2 Å². The Labute approximate surface area is 217 Å². The van der Waals surface area contributed by atoms with Crippen LogP contribution in [0.2, 0.25) is 0 Å². The van der Waals surface area contributed by atoms with Crippen LogP contribution in [0.1, 0.15) is 30.3 Å². The van der Waals surface area contributed by atoms with Gasteiger partial charge in [-0.15, -0.1) is 5.10 Å². The predicted molar refractivity (Wildman–Crippen MR) is 144 cm³/mol. The van der Waals surface area contributed by atoms with Crippen LogP contribution in [0.5, 0.6) is 5.75 Å². The second-order valence-corrected chi connectivity index (χ2v) is 9.98. The number of nitrogens with zero attached hydrogens (tertiary/aromatic N) is 5. The number of nitrogens with one attached hydrogen (secondary N) is 1. The molecule has 9 heteroatoms. The third-order valence-electron chi connectivity index (χ3n) is 6.44. The van der Waals surface area contributed by atoms with Gasteiger partial charge in [-0.1, -0.05) is 52.9 Å². The molecule has 182 valence electrons. The van der Waals surface area contributed by atoms with Crippen molar-refractivity contribution >= 4 is 39.3 Å². The monoisotopic (exact) mass is 586 g/mol. The molecule has 4 aromatic rings. The van der Waals surface area contributed by atoms with Crippen molar-refractivity contribution in [1.82, 2.24) is 25.3 Å². The van der Waals surface area contributed by atoms with Crippen molar-refractivity contribution in [3.8, 4) is 11.4 Å². The van der Waals surface area contributed by atoms with Gasteiger partial charge in [-0.3, -0.25) is 0 Å². The Morgan fingerprint density at radius 1 is 1.14 bits per heavy atom. The van der Waals surface area contributed by atoms with Crippen LogP contribution in [0.15, 0.2) is 48.5 Å². The SMILES string of the molecule is CCOc1ccc(-n2nc3c(N4CCC(NCc5ccccc5)C4I)nnc(C)c3c2C)c(F)c1. The van der Waals surface area contributed by atoms with E-state index < -0.39 is 0 Å². The van der Waals surface area contributed by atoms with Crippen LogP contribution in [-0.2, 0) is 6.54 Å². The molecule has 2 unspecified atom stereocenters. The molecule has 1 aliphatic rings. The molecule has 0 spiro atoms. The first-order valence-electron chi connectivity index (χ1n) is 11.8. The van der Waals surface area contributed by atoms with Crippen LogP contribution in [-0.4, -0.2) is 43.2 Å². The Bertz CT molecular complexity index is 1340. The molecular weight excluding hydrogens is 558 g/mol. The van der Waals surface area contributed by atoms with E-state index in [1.807, 2.05) is 26.8 Å². The molecule has 35 heavy (non-hydrogen) atoms. The molecule has 0 saturated carbocycles. The van der Waals surface area contributed by atoms with E-state index in [4.69, 9.17) is 9.84 Å². The number of benzene rings is 2. The van der Waals surface area contributed by atoms with Crippen LogP contribution >= 0.6 is 22.6 Å². The van der Waals surface area contributed by atoms with Gasteiger partial charge in [-0.2, -0.15) is 10.2 Å². The van der Waals surface area contributed by atoms with E-state index in [1.165, 1.54) is 11.6 Å². The van der Waals surface area contributed by atoms with Gasteiger partial charge in [0.2, 0.25) is 0 Å². The molecule has 2 aromatic carbocycles. The summed E-state index contributed by atoms with van der Waals surface area (Å²) in [5.74, 6) is 0.856. The zero-order chi connectivity index (χ0) is 24.5. The summed E-state index contributed by atoms with van der Waals surface area (Å²) in [5, 5.41) is 18.4. The number of rotatable bonds is 7. The molecule has 0 aliphatic carbocycles. The van der Waals surface area contributed by atoms with E-state index in [9.17, 15) is 0 Å². The standard InChI is InChI=1S/C26H28FIN6O/c1-4-35-19-10-11-22(20(27)14-19)34-17(3)23-16(2)30-31-26(24(23)32-34)33-13-12-21(25(33)28)29-15-18-8-6-5-7-9-18/h5-11,14,21,25,29H,4,12-13,15H2,1-3H3. The van der Waals surface area contributed by atoms with Gasteiger partial charge in [0, 0.05) is 25.2 Å². The molecule has 1 aliphatic heterocycles.